The highest BCUT2D eigenvalue weighted by atomic mass is 16.5. The van der Waals surface area contributed by atoms with Gasteiger partial charge in [-0.1, -0.05) is 26.8 Å². The first kappa shape index (κ1) is 15.9. The Morgan fingerprint density at radius 3 is 2.71 bits per heavy atom. The van der Waals surface area contributed by atoms with Gasteiger partial charge in [0.1, 0.15) is 0 Å². The molecule has 2 rings (SSSR count). The molecule has 1 aliphatic heterocycles. The third kappa shape index (κ3) is 4.51. The number of pyridine rings is 1. The summed E-state index contributed by atoms with van der Waals surface area (Å²) in [6.45, 7) is 9.62. The first-order valence-corrected chi connectivity index (χ1v) is 7.48. The van der Waals surface area contributed by atoms with E-state index in [1.807, 2.05) is 33.0 Å². The van der Waals surface area contributed by atoms with E-state index in [1.54, 1.807) is 6.20 Å². The summed E-state index contributed by atoms with van der Waals surface area (Å²) in [6.07, 6.45) is 3.65. The van der Waals surface area contributed by atoms with E-state index in [-0.39, 0.29) is 17.4 Å². The van der Waals surface area contributed by atoms with Gasteiger partial charge in [0, 0.05) is 37.4 Å². The minimum absolute atomic E-state index is 0.0737. The van der Waals surface area contributed by atoms with Crippen LogP contribution in [0.4, 0.5) is 0 Å². The molecular formula is C16H25N3O2. The van der Waals surface area contributed by atoms with Crippen molar-refractivity contribution in [2.45, 2.75) is 26.8 Å². The molecule has 1 N–H and O–H groups in total. The largest absolute Gasteiger partial charge is 0.379 e. The van der Waals surface area contributed by atoms with E-state index in [4.69, 9.17) is 4.74 Å². The predicted octanol–water partition coefficient (Wildman–Crippen LogP) is 1.62. The van der Waals surface area contributed by atoms with Crippen molar-refractivity contribution in [3.63, 3.8) is 0 Å². The van der Waals surface area contributed by atoms with Crippen molar-refractivity contribution in [1.29, 1.82) is 0 Å². The highest BCUT2D eigenvalue weighted by molar-refractivity contribution is 5.81. The fourth-order valence-corrected chi connectivity index (χ4v) is 2.37. The molecule has 5 nitrogen and oxygen atoms in total. The lowest BCUT2D eigenvalue weighted by atomic mass is 9.95. The van der Waals surface area contributed by atoms with Gasteiger partial charge in [0.2, 0.25) is 5.91 Å². The van der Waals surface area contributed by atoms with E-state index in [0.29, 0.717) is 6.54 Å². The average molecular weight is 291 g/mol. The van der Waals surface area contributed by atoms with Gasteiger partial charge in [-0.3, -0.25) is 14.7 Å². The second-order valence-corrected chi connectivity index (χ2v) is 6.41. The zero-order valence-electron chi connectivity index (χ0n) is 13.1. The molecule has 1 saturated heterocycles. The van der Waals surface area contributed by atoms with E-state index in [1.165, 1.54) is 0 Å². The smallest absolute Gasteiger partial charge is 0.225 e. The number of ether oxygens (including phenoxy) is 1. The summed E-state index contributed by atoms with van der Waals surface area (Å²) < 4.78 is 5.42. The van der Waals surface area contributed by atoms with Crippen molar-refractivity contribution in [1.82, 2.24) is 15.2 Å². The Balaban J connectivity index is 2.07. The molecule has 0 saturated carbocycles. The second-order valence-electron chi connectivity index (χ2n) is 6.41. The molecule has 0 unspecified atom stereocenters. The number of carbonyl (C=O) groups is 1. The summed E-state index contributed by atoms with van der Waals surface area (Å²) in [5.41, 5.74) is 0.762. The SMILES string of the molecule is CC(C)(C)C(=O)NC[C@H](c1cccnc1)N1CCOCC1. The Labute approximate surface area is 126 Å². The lowest BCUT2D eigenvalue weighted by Crippen LogP contribution is -2.45. The van der Waals surface area contributed by atoms with Crippen LogP contribution in [0, 0.1) is 5.41 Å². The Morgan fingerprint density at radius 2 is 2.14 bits per heavy atom. The van der Waals surface area contributed by atoms with Gasteiger partial charge >= 0.3 is 0 Å². The molecule has 1 amide bonds. The number of morpholine rings is 1. The summed E-state index contributed by atoms with van der Waals surface area (Å²) in [6, 6.07) is 4.15. The number of aromatic nitrogens is 1. The molecule has 0 aliphatic carbocycles. The quantitative estimate of drug-likeness (QED) is 0.916. The molecule has 1 aromatic rings. The van der Waals surface area contributed by atoms with Crippen molar-refractivity contribution < 1.29 is 9.53 Å². The van der Waals surface area contributed by atoms with Crippen molar-refractivity contribution >= 4 is 5.91 Å². The molecule has 0 spiro atoms. The van der Waals surface area contributed by atoms with Gasteiger partial charge in [0.15, 0.2) is 0 Å². The molecule has 2 heterocycles. The van der Waals surface area contributed by atoms with Gasteiger partial charge in [-0.25, -0.2) is 0 Å². The van der Waals surface area contributed by atoms with Crippen molar-refractivity contribution in [2.24, 2.45) is 5.41 Å². The third-order valence-corrected chi connectivity index (χ3v) is 3.69. The number of nitrogens with one attached hydrogen (secondary N) is 1. The van der Waals surface area contributed by atoms with E-state index in [0.717, 1.165) is 31.9 Å². The Hall–Kier alpha value is -1.46. The minimum atomic E-state index is -0.371. The predicted molar refractivity (Wildman–Crippen MR) is 81.8 cm³/mol. The van der Waals surface area contributed by atoms with E-state index < -0.39 is 0 Å². The summed E-state index contributed by atoms with van der Waals surface area (Å²) in [5.74, 6) is 0.0737. The normalized spacial score (nSPS) is 18.2. The maximum Gasteiger partial charge on any atom is 0.225 e. The fraction of sp³-hybridized carbons (Fsp3) is 0.625. The van der Waals surface area contributed by atoms with Gasteiger partial charge in [0.25, 0.3) is 0 Å². The second kappa shape index (κ2) is 7.00. The Kier molecular flexibility index (Phi) is 5.31. The molecule has 0 aromatic carbocycles. The van der Waals surface area contributed by atoms with Gasteiger partial charge < -0.3 is 10.1 Å². The summed E-state index contributed by atoms with van der Waals surface area (Å²) >= 11 is 0. The van der Waals surface area contributed by atoms with Crippen molar-refractivity contribution in [2.75, 3.05) is 32.8 Å². The van der Waals surface area contributed by atoms with Crippen molar-refractivity contribution in [3.05, 3.63) is 30.1 Å². The first-order valence-electron chi connectivity index (χ1n) is 7.48. The number of hydrogen-bond donors (Lipinski definition) is 1. The van der Waals surface area contributed by atoms with E-state index >= 15 is 0 Å². The van der Waals surface area contributed by atoms with Crippen LogP contribution in [0.1, 0.15) is 32.4 Å². The molecule has 21 heavy (non-hydrogen) atoms. The van der Waals surface area contributed by atoms with Crippen molar-refractivity contribution in [3.8, 4) is 0 Å². The molecule has 0 radical (unpaired) electrons. The van der Waals surface area contributed by atoms with Gasteiger partial charge in [-0.15, -0.1) is 0 Å². The molecular weight excluding hydrogens is 266 g/mol. The fourth-order valence-electron chi connectivity index (χ4n) is 2.37. The van der Waals surface area contributed by atoms with Crippen LogP contribution in [-0.2, 0) is 9.53 Å². The number of hydrogen-bond acceptors (Lipinski definition) is 4. The van der Waals surface area contributed by atoms with Crippen LogP contribution >= 0.6 is 0 Å². The maximum atomic E-state index is 12.1. The van der Waals surface area contributed by atoms with Crippen LogP contribution in [0.25, 0.3) is 0 Å². The lowest BCUT2D eigenvalue weighted by Gasteiger charge is -2.35. The van der Waals surface area contributed by atoms with Gasteiger partial charge in [-0.2, -0.15) is 0 Å². The standard InChI is InChI=1S/C16H25N3O2/c1-16(2,3)15(20)18-12-14(13-5-4-6-17-11-13)19-7-9-21-10-8-19/h4-6,11,14H,7-10,12H2,1-3H3,(H,18,20)/t14-/m1/s1. The topological polar surface area (TPSA) is 54.5 Å². The number of carbonyl (C=O) groups excluding carboxylic acids is 1. The molecule has 1 aliphatic rings. The number of rotatable bonds is 4. The van der Waals surface area contributed by atoms with E-state index in [9.17, 15) is 4.79 Å². The number of amides is 1. The molecule has 5 heteroatoms. The van der Waals surface area contributed by atoms with E-state index in [2.05, 4.69) is 21.3 Å². The van der Waals surface area contributed by atoms with Crippen LogP contribution in [0.5, 0.6) is 0 Å². The molecule has 0 bridgehead atoms. The molecule has 1 aromatic heterocycles. The average Bonchev–Trinajstić information content (AvgIpc) is 2.48. The third-order valence-electron chi connectivity index (χ3n) is 3.69. The van der Waals surface area contributed by atoms with Crippen LogP contribution in [0.15, 0.2) is 24.5 Å². The molecule has 1 fully saturated rings. The molecule has 116 valence electrons. The number of nitrogens with zero attached hydrogens (tertiary/aromatic N) is 2. The first-order chi connectivity index (χ1) is 9.98. The van der Waals surface area contributed by atoms with Gasteiger partial charge in [0.05, 0.1) is 19.3 Å². The summed E-state index contributed by atoms with van der Waals surface area (Å²) in [4.78, 5) is 18.7. The highest BCUT2D eigenvalue weighted by Gasteiger charge is 2.26. The molecule has 1 atom stereocenters. The minimum Gasteiger partial charge on any atom is -0.379 e. The monoisotopic (exact) mass is 291 g/mol. The van der Waals surface area contributed by atoms with Crippen LogP contribution in [-0.4, -0.2) is 48.6 Å². The zero-order valence-corrected chi connectivity index (χ0v) is 13.1. The maximum absolute atomic E-state index is 12.1. The van der Waals surface area contributed by atoms with Crippen LogP contribution in [0.2, 0.25) is 0 Å². The highest BCUT2D eigenvalue weighted by Crippen LogP contribution is 2.21. The lowest BCUT2D eigenvalue weighted by molar-refractivity contribution is -0.128. The summed E-state index contributed by atoms with van der Waals surface area (Å²) in [5, 5.41) is 3.07. The van der Waals surface area contributed by atoms with Crippen LogP contribution < -0.4 is 5.32 Å². The van der Waals surface area contributed by atoms with Gasteiger partial charge in [-0.05, 0) is 11.6 Å². The zero-order chi connectivity index (χ0) is 15.3. The Morgan fingerprint density at radius 1 is 1.43 bits per heavy atom. The Bertz CT molecular complexity index is 450. The summed E-state index contributed by atoms with van der Waals surface area (Å²) in [7, 11) is 0. The van der Waals surface area contributed by atoms with Crippen LogP contribution in [0.3, 0.4) is 0 Å².